The van der Waals surface area contributed by atoms with Crippen LogP contribution >= 0.6 is 0 Å². The molecule has 0 aromatic heterocycles. The number of amides is 3. The number of rotatable bonds is 5. The smallest absolute Gasteiger partial charge is 0.428 e. The molecular weight excluding hydrogens is 516 g/mol. The van der Waals surface area contributed by atoms with Gasteiger partial charge in [0.1, 0.15) is 24.0 Å². The molecule has 2 aromatic carbocycles. The maximum absolute atomic E-state index is 14.5. The summed E-state index contributed by atoms with van der Waals surface area (Å²) in [7, 11) is 1.54. The zero-order valence-electron chi connectivity index (χ0n) is 20.9. The fourth-order valence-electron chi connectivity index (χ4n) is 5.92. The highest BCUT2D eigenvalue weighted by molar-refractivity contribution is 6.22. The first-order chi connectivity index (χ1) is 18.7. The van der Waals surface area contributed by atoms with Crippen LogP contribution in [0.5, 0.6) is 5.75 Å². The number of hydrazone groups is 1. The van der Waals surface area contributed by atoms with Crippen molar-refractivity contribution in [2.24, 2.45) is 28.8 Å². The van der Waals surface area contributed by atoms with E-state index in [9.17, 15) is 33.4 Å². The van der Waals surface area contributed by atoms with Gasteiger partial charge in [0, 0.05) is 30.0 Å². The molecule has 0 radical (unpaired) electrons. The molecule has 10 nitrogen and oxygen atoms in total. The Kier molecular flexibility index (Phi) is 7.32. The number of halogens is 2. The number of hydrogen-bond donors (Lipinski definition) is 3. The highest BCUT2D eigenvalue weighted by atomic mass is 19.1. The molecule has 6 atom stereocenters. The zero-order valence-corrected chi connectivity index (χ0v) is 20.9. The molecule has 0 bridgehead atoms. The van der Waals surface area contributed by atoms with Gasteiger partial charge in [-0.1, -0.05) is 12.1 Å². The molecule has 1 heterocycles. The van der Waals surface area contributed by atoms with Gasteiger partial charge in [0.25, 0.3) is 0 Å². The summed E-state index contributed by atoms with van der Waals surface area (Å²) in [6, 6.07) is 9.49. The van der Waals surface area contributed by atoms with Gasteiger partial charge in [-0.05, 0) is 42.7 Å². The summed E-state index contributed by atoms with van der Waals surface area (Å²) in [6.07, 6.45) is -2.96. The number of ether oxygens (including phenoxy) is 2. The van der Waals surface area contributed by atoms with Gasteiger partial charge in [-0.3, -0.25) is 9.59 Å². The van der Waals surface area contributed by atoms with Gasteiger partial charge in [-0.15, -0.1) is 0 Å². The molecule has 5 rings (SSSR count). The number of nitrogens with one attached hydrogen (secondary N) is 1. The van der Waals surface area contributed by atoms with Crippen molar-refractivity contribution in [2.45, 2.75) is 38.1 Å². The maximum Gasteiger partial charge on any atom is 0.428 e. The van der Waals surface area contributed by atoms with E-state index >= 15 is 0 Å². The monoisotopic (exact) mass is 543 g/mol. The van der Waals surface area contributed by atoms with Gasteiger partial charge < -0.3 is 19.7 Å². The summed E-state index contributed by atoms with van der Waals surface area (Å²) >= 11 is 0. The minimum atomic E-state index is -1.35. The number of fused-ring (bicyclic) bond motifs is 3. The Bertz CT molecular complexity index is 1320. The first kappa shape index (κ1) is 26.7. The lowest BCUT2D eigenvalue weighted by Gasteiger charge is -2.45. The number of hydrogen-bond acceptors (Lipinski definition) is 8. The highest BCUT2D eigenvalue weighted by Gasteiger charge is 2.60. The molecule has 0 spiro atoms. The van der Waals surface area contributed by atoms with Gasteiger partial charge >= 0.3 is 6.09 Å². The van der Waals surface area contributed by atoms with E-state index in [4.69, 9.17) is 9.47 Å². The fraction of sp³-hybridized carbons (Fsp3) is 0.407. The van der Waals surface area contributed by atoms with Crippen LogP contribution in [0.4, 0.5) is 19.3 Å². The van der Waals surface area contributed by atoms with Crippen LogP contribution in [0, 0.1) is 35.3 Å². The Morgan fingerprint density at radius 3 is 2.49 bits per heavy atom. The van der Waals surface area contributed by atoms with Crippen LogP contribution in [0.3, 0.4) is 0 Å². The highest BCUT2D eigenvalue weighted by Crippen LogP contribution is 2.50. The normalized spacial score (nSPS) is 29.2. The predicted octanol–water partition coefficient (Wildman–Crippen LogP) is 2.51. The third-order valence-electron chi connectivity index (χ3n) is 7.75. The average Bonchev–Trinajstić information content (AvgIpc) is 3.18. The van der Waals surface area contributed by atoms with E-state index in [1.165, 1.54) is 7.11 Å². The minimum Gasteiger partial charge on any atom is -0.497 e. The summed E-state index contributed by atoms with van der Waals surface area (Å²) in [5.41, 5.74) is 3.01. The number of aliphatic hydroxyl groups is 2. The van der Waals surface area contributed by atoms with Gasteiger partial charge in [0.05, 0.1) is 36.8 Å². The molecule has 3 aliphatic rings. The molecule has 2 aromatic rings. The molecule has 1 aliphatic heterocycles. The van der Waals surface area contributed by atoms with Crippen molar-refractivity contribution in [3.63, 3.8) is 0 Å². The Balaban J connectivity index is 1.32. The molecule has 0 unspecified atom stereocenters. The number of anilines is 1. The Labute approximate surface area is 222 Å². The van der Waals surface area contributed by atoms with E-state index in [2.05, 4.69) is 10.5 Å². The number of aliphatic hydroxyl groups excluding tert-OH is 2. The summed E-state index contributed by atoms with van der Waals surface area (Å²) in [5, 5.41) is 25.6. The SMILES string of the molecule is COc1ccc(COC(=O)NN=C2C[C@@H](O)[C@@H](O)[C@@H]3[C@@H]4C(=O)N(c5ccc(F)cc5F)C(=O)[C@@H]4CC[C@@H]23)cc1. The summed E-state index contributed by atoms with van der Waals surface area (Å²) in [6.45, 7) is -0.0236. The average molecular weight is 544 g/mol. The van der Waals surface area contributed by atoms with Crippen molar-refractivity contribution >= 4 is 29.3 Å². The maximum atomic E-state index is 14.5. The van der Waals surface area contributed by atoms with Crippen molar-refractivity contribution in [1.82, 2.24) is 5.43 Å². The first-order valence-corrected chi connectivity index (χ1v) is 12.5. The lowest BCUT2D eigenvalue weighted by atomic mass is 9.60. The van der Waals surface area contributed by atoms with Crippen molar-refractivity contribution < 1.29 is 42.9 Å². The quantitative estimate of drug-likeness (QED) is 0.389. The fourth-order valence-corrected chi connectivity index (χ4v) is 5.92. The van der Waals surface area contributed by atoms with Crippen molar-refractivity contribution in [2.75, 3.05) is 12.0 Å². The largest absolute Gasteiger partial charge is 0.497 e. The van der Waals surface area contributed by atoms with Crippen LogP contribution < -0.4 is 15.1 Å². The second-order valence-electron chi connectivity index (χ2n) is 9.90. The van der Waals surface area contributed by atoms with E-state index in [-0.39, 0.29) is 25.1 Å². The standard InChI is InChI=1S/C27H27F2N3O7/c1-38-15-5-2-13(3-6-15)12-39-27(37)31-30-19-11-21(33)24(34)22-16(19)7-8-17-23(22)26(36)32(25(17)35)20-9-4-14(28)10-18(20)29/h2-6,9-10,16-17,21-24,33-34H,7-8,11-12H2,1H3,(H,31,37)/t16-,17+,21+,22-,23+,24+/m0/s1. The Morgan fingerprint density at radius 1 is 1.08 bits per heavy atom. The van der Waals surface area contributed by atoms with Crippen LogP contribution in [0.1, 0.15) is 24.8 Å². The van der Waals surface area contributed by atoms with Gasteiger partial charge in [0.2, 0.25) is 11.8 Å². The third kappa shape index (κ3) is 4.97. The van der Waals surface area contributed by atoms with Gasteiger partial charge in [0.15, 0.2) is 0 Å². The zero-order chi connectivity index (χ0) is 27.8. The summed E-state index contributed by atoms with van der Waals surface area (Å²) < 4.78 is 38.2. The Morgan fingerprint density at radius 2 is 1.79 bits per heavy atom. The number of benzene rings is 2. The molecule has 206 valence electrons. The molecule has 39 heavy (non-hydrogen) atoms. The number of carbonyl (C=O) groups excluding carboxylic acids is 3. The van der Waals surface area contributed by atoms with Crippen molar-refractivity contribution in [1.29, 1.82) is 0 Å². The van der Waals surface area contributed by atoms with E-state index in [1.807, 2.05) is 0 Å². The predicted molar refractivity (Wildman–Crippen MR) is 132 cm³/mol. The van der Waals surface area contributed by atoms with E-state index in [1.54, 1.807) is 24.3 Å². The molecule has 2 saturated carbocycles. The van der Waals surface area contributed by atoms with Crippen LogP contribution in [-0.4, -0.2) is 53.2 Å². The van der Waals surface area contributed by atoms with Crippen molar-refractivity contribution in [3.8, 4) is 5.75 Å². The number of methoxy groups -OCH3 is 1. The van der Waals surface area contributed by atoms with Crippen LogP contribution in [0.15, 0.2) is 47.6 Å². The molecule has 2 aliphatic carbocycles. The molecule has 3 fully saturated rings. The second-order valence-corrected chi connectivity index (χ2v) is 9.90. The van der Waals surface area contributed by atoms with Gasteiger partial charge in [-0.25, -0.2) is 23.9 Å². The Hall–Kier alpha value is -3.90. The molecule has 3 N–H and O–H groups in total. The van der Waals surface area contributed by atoms with E-state index in [0.717, 1.165) is 17.7 Å². The van der Waals surface area contributed by atoms with Crippen LogP contribution in [0.25, 0.3) is 0 Å². The summed E-state index contributed by atoms with van der Waals surface area (Å²) in [4.78, 5) is 39.6. The lowest BCUT2D eigenvalue weighted by Crippen LogP contribution is -2.55. The molecule has 12 heteroatoms. The van der Waals surface area contributed by atoms with Crippen LogP contribution in [-0.2, 0) is 20.9 Å². The number of imide groups is 1. The number of nitrogens with zero attached hydrogens (tertiary/aromatic N) is 2. The molecule has 1 saturated heterocycles. The van der Waals surface area contributed by atoms with E-state index in [0.29, 0.717) is 28.8 Å². The van der Waals surface area contributed by atoms with E-state index < -0.39 is 65.4 Å². The lowest BCUT2D eigenvalue weighted by molar-refractivity contribution is -0.132. The topological polar surface area (TPSA) is 138 Å². The molecule has 3 amide bonds. The first-order valence-electron chi connectivity index (χ1n) is 12.5. The van der Waals surface area contributed by atoms with Crippen molar-refractivity contribution in [3.05, 3.63) is 59.7 Å². The second kappa shape index (κ2) is 10.7. The minimum absolute atomic E-state index is 0.0236. The van der Waals surface area contributed by atoms with Gasteiger partial charge in [-0.2, -0.15) is 5.10 Å². The van der Waals surface area contributed by atoms with Crippen LogP contribution in [0.2, 0.25) is 0 Å². The summed E-state index contributed by atoms with van der Waals surface area (Å²) in [5.74, 6) is -5.93. The number of carbonyl (C=O) groups is 3. The third-order valence-corrected chi connectivity index (χ3v) is 7.75. The molecular formula is C27H27F2N3O7.